The zero-order chi connectivity index (χ0) is 9.97. The minimum Gasteiger partial charge on any atom is -0.383 e. The van der Waals surface area contributed by atoms with Crippen molar-refractivity contribution in [1.29, 1.82) is 0 Å². The van der Waals surface area contributed by atoms with Gasteiger partial charge in [-0.2, -0.15) is 4.98 Å². The number of anilines is 2. The van der Waals surface area contributed by atoms with Gasteiger partial charge < -0.3 is 15.8 Å². The molecule has 1 aliphatic heterocycles. The van der Waals surface area contributed by atoms with Crippen LogP contribution in [0.1, 0.15) is 6.42 Å². The fraction of sp³-hybridized carbons (Fsp3) is 0.500. The van der Waals surface area contributed by atoms with Crippen molar-refractivity contribution in [3.63, 3.8) is 0 Å². The van der Waals surface area contributed by atoms with E-state index in [4.69, 9.17) is 10.5 Å². The van der Waals surface area contributed by atoms with Gasteiger partial charge in [0.15, 0.2) is 0 Å². The number of nitrogens with zero attached hydrogens (tertiary/aromatic N) is 2. The Morgan fingerprint density at radius 3 is 3.07 bits per heavy atom. The predicted octanol–water partition coefficient (Wildman–Crippen LogP) is 1.02. The minimum absolute atomic E-state index is 0.295. The van der Waals surface area contributed by atoms with Crippen LogP contribution in [0.2, 0.25) is 0 Å². The van der Waals surface area contributed by atoms with Crippen LogP contribution in [-0.2, 0) is 4.74 Å². The Kier molecular flexibility index (Phi) is 2.83. The molecule has 6 heteroatoms. The molecule has 0 bridgehead atoms. The number of nitrogens with one attached hydrogen (secondary N) is 1. The lowest BCUT2D eigenvalue weighted by molar-refractivity contribution is 0.195. The minimum atomic E-state index is 0.295. The van der Waals surface area contributed by atoms with Crippen LogP contribution in [-0.4, -0.2) is 29.2 Å². The Morgan fingerprint density at radius 2 is 2.43 bits per heavy atom. The number of hydrogen-bond acceptors (Lipinski definition) is 5. The van der Waals surface area contributed by atoms with Crippen molar-refractivity contribution < 1.29 is 4.74 Å². The summed E-state index contributed by atoms with van der Waals surface area (Å²) in [5.41, 5.74) is 5.58. The van der Waals surface area contributed by atoms with E-state index in [2.05, 4.69) is 31.2 Å². The summed E-state index contributed by atoms with van der Waals surface area (Å²) in [6.07, 6.45) is 0.982. The summed E-state index contributed by atoms with van der Waals surface area (Å²) >= 11 is 3.26. The molecule has 14 heavy (non-hydrogen) atoms. The van der Waals surface area contributed by atoms with Crippen LogP contribution in [0.4, 0.5) is 11.8 Å². The first-order chi connectivity index (χ1) is 6.74. The molecule has 0 aromatic carbocycles. The summed E-state index contributed by atoms with van der Waals surface area (Å²) < 4.78 is 5.92. The average molecular weight is 259 g/mol. The van der Waals surface area contributed by atoms with Crippen LogP contribution >= 0.6 is 15.9 Å². The molecule has 1 fully saturated rings. The van der Waals surface area contributed by atoms with E-state index < -0.39 is 0 Å². The third-order valence-corrected chi connectivity index (χ3v) is 2.38. The van der Waals surface area contributed by atoms with E-state index >= 15 is 0 Å². The van der Waals surface area contributed by atoms with Gasteiger partial charge in [-0.25, -0.2) is 4.98 Å². The monoisotopic (exact) mass is 258 g/mol. The van der Waals surface area contributed by atoms with Gasteiger partial charge >= 0.3 is 0 Å². The number of rotatable bonds is 2. The second kappa shape index (κ2) is 4.10. The molecule has 1 aromatic rings. The van der Waals surface area contributed by atoms with Crippen molar-refractivity contribution in [2.75, 3.05) is 24.3 Å². The first-order valence-electron chi connectivity index (χ1n) is 4.38. The van der Waals surface area contributed by atoms with E-state index in [-0.39, 0.29) is 0 Å². The zero-order valence-electron chi connectivity index (χ0n) is 7.53. The molecule has 0 spiro atoms. The Hall–Kier alpha value is -0.880. The smallest absolute Gasteiger partial charge is 0.226 e. The Balaban J connectivity index is 2.07. The lowest BCUT2D eigenvalue weighted by Crippen LogP contribution is -2.20. The first kappa shape index (κ1) is 9.67. The molecule has 2 rings (SSSR count). The molecule has 2 heterocycles. The highest BCUT2D eigenvalue weighted by molar-refractivity contribution is 9.10. The van der Waals surface area contributed by atoms with Crippen LogP contribution in [0, 0.1) is 0 Å². The molecular formula is C8H11BrN4O. The van der Waals surface area contributed by atoms with Crippen molar-refractivity contribution in [3.05, 3.63) is 10.7 Å². The molecular weight excluding hydrogens is 248 g/mol. The number of hydrogen-bond donors (Lipinski definition) is 2. The molecule has 1 aliphatic rings. The van der Waals surface area contributed by atoms with Gasteiger partial charge in [0.2, 0.25) is 5.95 Å². The molecule has 0 aliphatic carbocycles. The Morgan fingerprint density at radius 1 is 1.57 bits per heavy atom. The summed E-state index contributed by atoms with van der Waals surface area (Å²) in [7, 11) is 0. The van der Waals surface area contributed by atoms with Gasteiger partial charge in [0, 0.05) is 12.7 Å². The van der Waals surface area contributed by atoms with Crippen LogP contribution in [0.25, 0.3) is 0 Å². The molecule has 3 N–H and O–H groups in total. The molecule has 0 amide bonds. The summed E-state index contributed by atoms with van der Waals surface area (Å²) in [4.78, 5) is 8.22. The first-order valence-corrected chi connectivity index (χ1v) is 5.17. The van der Waals surface area contributed by atoms with Gasteiger partial charge in [-0.3, -0.25) is 0 Å². The van der Waals surface area contributed by atoms with Crippen molar-refractivity contribution >= 4 is 27.7 Å². The Labute approximate surface area is 90.2 Å². The normalized spacial score (nSPS) is 21.1. The SMILES string of the molecule is Nc1cc(Br)nc(NC2CCOC2)n1. The summed E-state index contributed by atoms with van der Waals surface area (Å²) in [6, 6.07) is 1.96. The van der Waals surface area contributed by atoms with E-state index in [1.54, 1.807) is 6.07 Å². The summed E-state index contributed by atoms with van der Waals surface area (Å²) in [5.74, 6) is 1.00. The second-order valence-corrected chi connectivity index (χ2v) is 3.96. The summed E-state index contributed by atoms with van der Waals surface area (Å²) in [5, 5.41) is 3.17. The maximum absolute atomic E-state index is 5.58. The molecule has 1 aromatic heterocycles. The lowest BCUT2D eigenvalue weighted by atomic mass is 10.3. The third kappa shape index (κ3) is 2.33. The van der Waals surface area contributed by atoms with Crippen LogP contribution in [0.15, 0.2) is 10.7 Å². The average Bonchev–Trinajstić information content (AvgIpc) is 2.54. The Bertz CT molecular complexity index is 307. The highest BCUT2D eigenvalue weighted by Crippen LogP contribution is 2.15. The highest BCUT2D eigenvalue weighted by Gasteiger charge is 2.16. The number of halogens is 1. The molecule has 76 valence electrons. The molecule has 1 saturated heterocycles. The van der Waals surface area contributed by atoms with Gasteiger partial charge in [-0.15, -0.1) is 0 Å². The van der Waals surface area contributed by atoms with Crippen molar-refractivity contribution in [1.82, 2.24) is 9.97 Å². The number of nitrogens with two attached hydrogens (primary N) is 1. The van der Waals surface area contributed by atoms with Gasteiger partial charge in [0.25, 0.3) is 0 Å². The number of nitrogen functional groups attached to an aromatic ring is 1. The van der Waals surface area contributed by atoms with E-state index in [9.17, 15) is 0 Å². The van der Waals surface area contributed by atoms with Crippen LogP contribution in [0.3, 0.4) is 0 Å². The fourth-order valence-electron chi connectivity index (χ4n) is 1.33. The van der Waals surface area contributed by atoms with Gasteiger partial charge in [0.05, 0.1) is 12.6 Å². The van der Waals surface area contributed by atoms with Gasteiger partial charge in [-0.1, -0.05) is 0 Å². The van der Waals surface area contributed by atoms with Crippen LogP contribution < -0.4 is 11.1 Å². The maximum Gasteiger partial charge on any atom is 0.226 e. The zero-order valence-corrected chi connectivity index (χ0v) is 9.12. The van der Waals surface area contributed by atoms with E-state index in [0.29, 0.717) is 29.0 Å². The fourth-order valence-corrected chi connectivity index (χ4v) is 1.73. The number of aromatic nitrogens is 2. The molecule has 0 saturated carbocycles. The molecule has 1 atom stereocenters. The quantitative estimate of drug-likeness (QED) is 0.776. The van der Waals surface area contributed by atoms with E-state index in [1.807, 2.05) is 0 Å². The molecule has 1 unspecified atom stereocenters. The van der Waals surface area contributed by atoms with Crippen molar-refractivity contribution in [2.45, 2.75) is 12.5 Å². The second-order valence-electron chi connectivity index (χ2n) is 3.14. The molecule has 5 nitrogen and oxygen atoms in total. The van der Waals surface area contributed by atoms with Crippen molar-refractivity contribution in [2.24, 2.45) is 0 Å². The van der Waals surface area contributed by atoms with Gasteiger partial charge in [0.1, 0.15) is 10.4 Å². The maximum atomic E-state index is 5.58. The van der Waals surface area contributed by atoms with E-state index in [0.717, 1.165) is 13.0 Å². The molecule has 0 radical (unpaired) electrons. The van der Waals surface area contributed by atoms with Crippen LogP contribution in [0.5, 0.6) is 0 Å². The van der Waals surface area contributed by atoms with Gasteiger partial charge in [-0.05, 0) is 22.4 Å². The highest BCUT2D eigenvalue weighted by atomic mass is 79.9. The largest absolute Gasteiger partial charge is 0.383 e. The van der Waals surface area contributed by atoms with Crippen molar-refractivity contribution in [3.8, 4) is 0 Å². The third-order valence-electron chi connectivity index (χ3n) is 1.98. The van der Waals surface area contributed by atoms with E-state index in [1.165, 1.54) is 0 Å². The topological polar surface area (TPSA) is 73.1 Å². The number of ether oxygens (including phenoxy) is 1. The standard InChI is InChI=1S/C8H11BrN4O/c9-6-3-7(10)13-8(12-6)11-5-1-2-14-4-5/h3,5H,1-2,4H2,(H3,10,11,12,13). The predicted molar refractivity (Wildman–Crippen MR) is 57.0 cm³/mol. The lowest BCUT2D eigenvalue weighted by Gasteiger charge is -2.10. The summed E-state index contributed by atoms with van der Waals surface area (Å²) in [6.45, 7) is 1.50.